The van der Waals surface area contributed by atoms with Gasteiger partial charge in [-0.05, 0) is 32.8 Å². The van der Waals surface area contributed by atoms with E-state index in [0.717, 1.165) is 11.8 Å². The van der Waals surface area contributed by atoms with Crippen molar-refractivity contribution < 1.29 is 14.3 Å². The number of nitrogens with zero attached hydrogens (tertiary/aromatic N) is 1. The third-order valence-electron chi connectivity index (χ3n) is 2.83. The van der Waals surface area contributed by atoms with Gasteiger partial charge in [0.2, 0.25) is 0 Å². The molecule has 4 heteroatoms. The monoisotopic (exact) mass is 275 g/mol. The maximum atomic E-state index is 12.2. The summed E-state index contributed by atoms with van der Waals surface area (Å²) >= 11 is 0. The van der Waals surface area contributed by atoms with Gasteiger partial charge in [-0.25, -0.2) is 4.79 Å². The predicted molar refractivity (Wildman–Crippen MR) is 79.0 cm³/mol. The Morgan fingerprint density at radius 2 is 2.00 bits per heavy atom. The van der Waals surface area contributed by atoms with Crippen LogP contribution in [0.3, 0.4) is 0 Å². The number of hydrogen-bond donors (Lipinski definition) is 0. The van der Waals surface area contributed by atoms with Gasteiger partial charge < -0.3 is 9.53 Å². The third kappa shape index (κ3) is 4.96. The Morgan fingerprint density at radius 3 is 2.55 bits per heavy atom. The highest BCUT2D eigenvalue weighted by Crippen LogP contribution is 2.20. The molecule has 0 heterocycles. The number of carbonyl (C=O) groups excluding carboxylic acids is 2. The highest BCUT2D eigenvalue weighted by atomic mass is 16.5. The van der Waals surface area contributed by atoms with E-state index in [1.165, 1.54) is 0 Å². The zero-order valence-corrected chi connectivity index (χ0v) is 12.2. The lowest BCUT2D eigenvalue weighted by atomic mass is 9.97. The minimum atomic E-state index is -1.03. The number of rotatable bonds is 7. The van der Waals surface area contributed by atoms with Gasteiger partial charge in [0.15, 0.2) is 5.54 Å². The van der Waals surface area contributed by atoms with Crippen LogP contribution in [-0.2, 0) is 14.3 Å². The lowest BCUT2D eigenvalue weighted by Gasteiger charge is -2.23. The van der Waals surface area contributed by atoms with Gasteiger partial charge in [-0.15, -0.1) is 0 Å². The molecule has 0 N–H and O–H groups in total. The van der Waals surface area contributed by atoms with E-state index in [4.69, 9.17) is 4.74 Å². The van der Waals surface area contributed by atoms with Crippen LogP contribution in [0.5, 0.6) is 0 Å². The van der Waals surface area contributed by atoms with Crippen molar-refractivity contribution in [2.75, 3.05) is 0 Å². The smallest absolute Gasteiger partial charge is 0.333 e. The van der Waals surface area contributed by atoms with Crippen LogP contribution in [0.4, 0.5) is 0 Å². The summed E-state index contributed by atoms with van der Waals surface area (Å²) in [6.45, 7) is 5.28. The highest BCUT2D eigenvalue weighted by molar-refractivity contribution is 5.86. The first-order valence-corrected chi connectivity index (χ1v) is 6.73. The lowest BCUT2D eigenvalue weighted by Crippen LogP contribution is -2.37. The van der Waals surface area contributed by atoms with E-state index in [2.05, 4.69) is 4.99 Å². The molecule has 0 aliphatic heterocycles. The van der Waals surface area contributed by atoms with Gasteiger partial charge in [-0.3, -0.25) is 4.99 Å². The topological polar surface area (TPSA) is 55.7 Å². The van der Waals surface area contributed by atoms with E-state index < -0.39 is 11.5 Å². The maximum Gasteiger partial charge on any atom is 0.333 e. The summed E-state index contributed by atoms with van der Waals surface area (Å²) in [6, 6.07) is 9.51. The fraction of sp³-hybridized carbons (Fsp3) is 0.438. The summed E-state index contributed by atoms with van der Waals surface area (Å²) < 4.78 is 5.23. The summed E-state index contributed by atoms with van der Waals surface area (Å²) in [5.41, 5.74) is -0.122. The summed E-state index contributed by atoms with van der Waals surface area (Å²) in [5, 5.41) is 0. The van der Waals surface area contributed by atoms with Crippen molar-refractivity contribution in [3.8, 4) is 0 Å². The van der Waals surface area contributed by atoms with Crippen molar-refractivity contribution in [2.45, 2.75) is 45.3 Å². The van der Waals surface area contributed by atoms with Crippen LogP contribution >= 0.6 is 0 Å². The van der Waals surface area contributed by atoms with Crippen LogP contribution < -0.4 is 0 Å². The average molecular weight is 275 g/mol. The van der Waals surface area contributed by atoms with Crippen molar-refractivity contribution in [3.63, 3.8) is 0 Å². The number of hydrogen-bond acceptors (Lipinski definition) is 4. The fourth-order valence-corrected chi connectivity index (χ4v) is 1.66. The van der Waals surface area contributed by atoms with Gasteiger partial charge in [-0.2, -0.15) is 0 Å². The van der Waals surface area contributed by atoms with Crippen LogP contribution in [0.1, 0.15) is 39.2 Å². The normalized spacial score (nSPS) is 14.2. The van der Waals surface area contributed by atoms with Crippen LogP contribution in [0.2, 0.25) is 0 Å². The second kappa shape index (κ2) is 7.58. The quantitative estimate of drug-likeness (QED) is 0.437. The van der Waals surface area contributed by atoms with E-state index in [1.807, 2.05) is 30.3 Å². The Morgan fingerprint density at radius 1 is 1.35 bits per heavy atom. The number of aliphatic imine (C=N–C) groups is 1. The fourth-order valence-electron chi connectivity index (χ4n) is 1.66. The molecule has 0 bridgehead atoms. The van der Waals surface area contributed by atoms with Crippen molar-refractivity contribution in [1.29, 1.82) is 0 Å². The number of aldehydes is 1. The molecule has 0 radical (unpaired) electrons. The first-order valence-electron chi connectivity index (χ1n) is 6.73. The van der Waals surface area contributed by atoms with Crippen LogP contribution in [-0.4, -0.2) is 30.1 Å². The Labute approximate surface area is 119 Å². The maximum absolute atomic E-state index is 12.2. The van der Waals surface area contributed by atoms with Crippen molar-refractivity contribution in [1.82, 2.24) is 0 Å². The lowest BCUT2D eigenvalue weighted by molar-refractivity contribution is -0.153. The number of ether oxygens (including phenoxy) is 1. The Kier molecular flexibility index (Phi) is 6.10. The second-order valence-corrected chi connectivity index (χ2v) is 5.10. The van der Waals surface area contributed by atoms with E-state index >= 15 is 0 Å². The summed E-state index contributed by atoms with van der Waals surface area (Å²) in [7, 11) is 0. The number of esters is 1. The first-order chi connectivity index (χ1) is 9.48. The molecule has 1 aromatic carbocycles. The van der Waals surface area contributed by atoms with Gasteiger partial charge in [0, 0.05) is 12.6 Å². The molecule has 1 atom stereocenters. The molecule has 108 valence electrons. The standard InChI is InChI=1S/C16H21NO3/c1-13(2)20-15(19)16(3,10-7-11-18)17-12-14-8-5-4-6-9-14/h4-6,8-9,11-13H,7,10H2,1-3H3. The van der Waals surface area contributed by atoms with Crippen molar-refractivity contribution in [2.24, 2.45) is 4.99 Å². The molecule has 1 unspecified atom stereocenters. The Bertz CT molecular complexity index is 468. The molecule has 0 saturated heterocycles. The summed E-state index contributed by atoms with van der Waals surface area (Å²) in [6.07, 6.45) is 2.84. The largest absolute Gasteiger partial charge is 0.461 e. The van der Waals surface area contributed by atoms with E-state index in [-0.39, 0.29) is 12.5 Å². The molecule has 0 aromatic heterocycles. The van der Waals surface area contributed by atoms with Gasteiger partial charge in [0.05, 0.1) is 6.10 Å². The zero-order valence-electron chi connectivity index (χ0n) is 12.2. The molecule has 0 aliphatic carbocycles. The van der Waals surface area contributed by atoms with Crippen LogP contribution in [0, 0.1) is 0 Å². The van der Waals surface area contributed by atoms with E-state index in [0.29, 0.717) is 6.42 Å². The minimum absolute atomic E-state index is 0.204. The van der Waals surface area contributed by atoms with E-state index in [9.17, 15) is 9.59 Å². The number of benzene rings is 1. The van der Waals surface area contributed by atoms with Crippen LogP contribution in [0.25, 0.3) is 0 Å². The zero-order chi connectivity index (χ0) is 15.0. The van der Waals surface area contributed by atoms with Crippen molar-refractivity contribution >= 4 is 18.5 Å². The molecule has 1 aromatic rings. The molecule has 0 spiro atoms. The molecule has 20 heavy (non-hydrogen) atoms. The van der Waals surface area contributed by atoms with Gasteiger partial charge >= 0.3 is 5.97 Å². The van der Waals surface area contributed by atoms with Gasteiger partial charge in [0.25, 0.3) is 0 Å². The molecule has 0 amide bonds. The Hall–Kier alpha value is -1.97. The average Bonchev–Trinajstić information content (AvgIpc) is 2.43. The third-order valence-corrected chi connectivity index (χ3v) is 2.83. The molecule has 0 saturated carbocycles. The first kappa shape index (κ1) is 16.1. The molecular weight excluding hydrogens is 254 g/mol. The highest BCUT2D eigenvalue weighted by Gasteiger charge is 2.34. The molecule has 0 aliphatic rings. The summed E-state index contributed by atoms with van der Waals surface area (Å²) in [5.74, 6) is -0.401. The predicted octanol–water partition coefficient (Wildman–Crippen LogP) is 2.79. The molecule has 1 rings (SSSR count). The van der Waals surface area contributed by atoms with Crippen molar-refractivity contribution in [3.05, 3.63) is 35.9 Å². The minimum Gasteiger partial charge on any atom is -0.461 e. The SMILES string of the molecule is CC(C)OC(=O)C(C)(CCC=O)N=Cc1ccccc1. The van der Waals surface area contributed by atoms with Gasteiger partial charge in [0.1, 0.15) is 6.29 Å². The molecule has 4 nitrogen and oxygen atoms in total. The molecule has 0 fully saturated rings. The van der Waals surface area contributed by atoms with E-state index in [1.54, 1.807) is 27.0 Å². The van der Waals surface area contributed by atoms with Crippen LogP contribution in [0.15, 0.2) is 35.3 Å². The second-order valence-electron chi connectivity index (χ2n) is 5.10. The van der Waals surface area contributed by atoms with Gasteiger partial charge in [-0.1, -0.05) is 30.3 Å². The number of carbonyl (C=O) groups is 2. The molecular formula is C16H21NO3. The summed E-state index contributed by atoms with van der Waals surface area (Å²) in [4.78, 5) is 27.1. The Balaban J connectivity index is 2.90.